The summed E-state index contributed by atoms with van der Waals surface area (Å²) in [5, 5.41) is 14.2. The summed E-state index contributed by atoms with van der Waals surface area (Å²) >= 11 is 6.13. The normalized spacial score (nSPS) is 11.0. The van der Waals surface area contributed by atoms with Gasteiger partial charge in [0.25, 0.3) is 5.91 Å². The van der Waals surface area contributed by atoms with E-state index in [9.17, 15) is 9.90 Å². The molecular formula is C16H20ClN3O3. The summed E-state index contributed by atoms with van der Waals surface area (Å²) in [6.07, 6.45) is 0.631. The third-order valence-electron chi connectivity index (χ3n) is 3.16. The fourth-order valence-electron chi connectivity index (χ4n) is 2.13. The molecule has 7 heteroatoms. The van der Waals surface area contributed by atoms with E-state index in [4.69, 9.17) is 22.1 Å². The van der Waals surface area contributed by atoms with Gasteiger partial charge in [-0.1, -0.05) is 11.6 Å². The van der Waals surface area contributed by atoms with Crippen LogP contribution < -0.4 is 15.8 Å². The van der Waals surface area contributed by atoms with E-state index in [-0.39, 0.29) is 22.7 Å². The average molecular weight is 338 g/mol. The number of carbonyl (C=O) groups is 1. The summed E-state index contributed by atoms with van der Waals surface area (Å²) in [5.41, 5.74) is 5.28. The number of halogens is 1. The quantitative estimate of drug-likeness (QED) is 0.555. The van der Waals surface area contributed by atoms with Gasteiger partial charge < -0.3 is 20.9 Å². The van der Waals surface area contributed by atoms with Crippen LogP contribution in [0.15, 0.2) is 18.2 Å². The van der Waals surface area contributed by atoms with Gasteiger partial charge in [0, 0.05) is 17.3 Å². The lowest BCUT2D eigenvalue weighted by molar-refractivity contribution is 0.0946. The highest BCUT2D eigenvalue weighted by Crippen LogP contribution is 2.34. The van der Waals surface area contributed by atoms with Gasteiger partial charge in [-0.05, 0) is 45.0 Å². The van der Waals surface area contributed by atoms with Gasteiger partial charge in [-0.25, -0.2) is 4.98 Å². The van der Waals surface area contributed by atoms with Gasteiger partial charge in [0.05, 0.1) is 6.10 Å². The van der Waals surface area contributed by atoms with Crippen molar-refractivity contribution >= 4 is 28.3 Å². The van der Waals surface area contributed by atoms with Crippen molar-refractivity contribution in [3.8, 4) is 11.5 Å². The Morgan fingerprint density at radius 2 is 2.17 bits per heavy atom. The fraction of sp³-hybridized carbons (Fsp3) is 0.375. The standard InChI is InChI=1S/C16H20ClN3O3/c1-9(2)23-10-4-5-11-12(8-10)14(21)13(20-15(11)17)16(22)19-7-3-6-18/h4-5,8-9,21H,3,6-7,18H2,1-2H3,(H,19,22). The Bertz CT molecular complexity index is 719. The van der Waals surface area contributed by atoms with E-state index in [0.717, 1.165) is 0 Å². The molecule has 0 aliphatic heterocycles. The molecule has 0 fully saturated rings. The zero-order valence-electron chi connectivity index (χ0n) is 13.1. The van der Waals surface area contributed by atoms with Crippen molar-refractivity contribution in [2.45, 2.75) is 26.4 Å². The number of aromatic nitrogens is 1. The molecule has 0 unspecified atom stereocenters. The van der Waals surface area contributed by atoms with Crippen LogP contribution in [0.2, 0.25) is 5.15 Å². The first-order chi connectivity index (χ1) is 10.9. The van der Waals surface area contributed by atoms with Crippen LogP contribution >= 0.6 is 11.6 Å². The molecule has 0 atom stereocenters. The van der Waals surface area contributed by atoms with Crippen molar-refractivity contribution in [3.63, 3.8) is 0 Å². The second-order valence-electron chi connectivity index (χ2n) is 5.37. The Kier molecular flexibility index (Phi) is 5.63. The molecule has 6 nitrogen and oxygen atoms in total. The Labute approximate surface area is 139 Å². The minimum atomic E-state index is -0.491. The number of pyridine rings is 1. The molecule has 0 saturated carbocycles. The van der Waals surface area contributed by atoms with Crippen molar-refractivity contribution in [3.05, 3.63) is 29.0 Å². The van der Waals surface area contributed by atoms with Crippen LogP contribution in [0.1, 0.15) is 30.8 Å². The molecule has 1 aromatic carbocycles. The highest BCUT2D eigenvalue weighted by Gasteiger charge is 2.19. The molecule has 0 spiro atoms. The summed E-state index contributed by atoms with van der Waals surface area (Å²) in [5.74, 6) is -0.127. The minimum Gasteiger partial charge on any atom is -0.505 e. The molecule has 0 aliphatic rings. The lowest BCUT2D eigenvalue weighted by Crippen LogP contribution is -2.27. The highest BCUT2D eigenvalue weighted by atomic mass is 35.5. The maximum atomic E-state index is 12.1. The van der Waals surface area contributed by atoms with Crippen molar-refractivity contribution < 1.29 is 14.6 Å². The molecule has 2 rings (SSSR count). The molecule has 1 heterocycles. The molecule has 23 heavy (non-hydrogen) atoms. The summed E-state index contributed by atoms with van der Waals surface area (Å²) < 4.78 is 5.61. The summed E-state index contributed by atoms with van der Waals surface area (Å²) in [4.78, 5) is 16.1. The summed E-state index contributed by atoms with van der Waals surface area (Å²) in [6, 6.07) is 5.10. The van der Waals surface area contributed by atoms with Crippen molar-refractivity contribution in [1.82, 2.24) is 10.3 Å². The molecule has 1 aromatic heterocycles. The highest BCUT2D eigenvalue weighted by molar-refractivity contribution is 6.35. The predicted molar refractivity (Wildman–Crippen MR) is 90.2 cm³/mol. The molecule has 0 saturated heterocycles. The predicted octanol–water partition coefficient (Wildman–Crippen LogP) is 2.46. The van der Waals surface area contributed by atoms with Gasteiger partial charge >= 0.3 is 0 Å². The van der Waals surface area contributed by atoms with E-state index in [0.29, 0.717) is 36.0 Å². The van der Waals surface area contributed by atoms with Crippen LogP contribution in [0.3, 0.4) is 0 Å². The fourth-order valence-corrected chi connectivity index (χ4v) is 2.38. The Hall–Kier alpha value is -2.05. The largest absolute Gasteiger partial charge is 0.505 e. The number of nitrogens with two attached hydrogens (primary N) is 1. The van der Waals surface area contributed by atoms with Gasteiger partial charge in [-0.15, -0.1) is 0 Å². The van der Waals surface area contributed by atoms with E-state index in [1.54, 1.807) is 18.2 Å². The molecule has 0 bridgehead atoms. The van der Waals surface area contributed by atoms with E-state index in [1.165, 1.54) is 0 Å². The number of hydrogen-bond acceptors (Lipinski definition) is 5. The van der Waals surface area contributed by atoms with Gasteiger partial charge in [0.2, 0.25) is 0 Å². The monoisotopic (exact) mass is 337 g/mol. The van der Waals surface area contributed by atoms with Gasteiger partial charge in [-0.3, -0.25) is 4.79 Å². The Morgan fingerprint density at radius 3 is 2.83 bits per heavy atom. The number of benzene rings is 1. The number of nitrogens with one attached hydrogen (secondary N) is 1. The van der Waals surface area contributed by atoms with E-state index in [2.05, 4.69) is 10.3 Å². The molecule has 4 N–H and O–H groups in total. The number of carbonyl (C=O) groups excluding carboxylic acids is 1. The third kappa shape index (κ3) is 4.03. The first-order valence-corrected chi connectivity index (χ1v) is 7.79. The minimum absolute atomic E-state index is 0.00839. The van der Waals surface area contributed by atoms with E-state index < -0.39 is 5.91 Å². The zero-order chi connectivity index (χ0) is 17.0. The van der Waals surface area contributed by atoms with Crippen molar-refractivity contribution in [2.75, 3.05) is 13.1 Å². The van der Waals surface area contributed by atoms with Crippen molar-refractivity contribution in [1.29, 1.82) is 0 Å². The second-order valence-corrected chi connectivity index (χ2v) is 5.73. The van der Waals surface area contributed by atoms with Crippen LogP contribution in [0, 0.1) is 0 Å². The Balaban J connectivity index is 2.42. The SMILES string of the molecule is CC(C)Oc1ccc2c(Cl)nc(C(=O)NCCCN)c(O)c2c1. The number of fused-ring (bicyclic) bond motifs is 1. The first-order valence-electron chi connectivity index (χ1n) is 7.41. The Morgan fingerprint density at radius 1 is 1.43 bits per heavy atom. The second kappa shape index (κ2) is 7.48. The summed E-state index contributed by atoms with van der Waals surface area (Å²) in [6.45, 7) is 4.68. The molecular weight excluding hydrogens is 318 g/mol. The van der Waals surface area contributed by atoms with Crippen LogP contribution in [0.4, 0.5) is 0 Å². The molecule has 1 amide bonds. The van der Waals surface area contributed by atoms with Crippen molar-refractivity contribution in [2.24, 2.45) is 5.73 Å². The van der Waals surface area contributed by atoms with Gasteiger partial charge in [0.1, 0.15) is 10.9 Å². The third-order valence-corrected chi connectivity index (χ3v) is 3.44. The van der Waals surface area contributed by atoms with Crippen LogP contribution in [0.25, 0.3) is 10.8 Å². The zero-order valence-corrected chi connectivity index (χ0v) is 13.9. The maximum Gasteiger partial charge on any atom is 0.273 e. The first kappa shape index (κ1) is 17.3. The number of ether oxygens (including phenoxy) is 1. The van der Waals surface area contributed by atoms with Crippen LogP contribution in [0.5, 0.6) is 11.5 Å². The number of amides is 1. The van der Waals surface area contributed by atoms with Crippen LogP contribution in [-0.4, -0.2) is 35.2 Å². The number of aromatic hydroxyl groups is 1. The lowest BCUT2D eigenvalue weighted by atomic mass is 10.1. The molecule has 0 radical (unpaired) electrons. The number of rotatable bonds is 6. The summed E-state index contributed by atoms with van der Waals surface area (Å²) in [7, 11) is 0. The average Bonchev–Trinajstić information content (AvgIpc) is 2.50. The molecule has 2 aromatic rings. The lowest BCUT2D eigenvalue weighted by Gasteiger charge is -2.13. The van der Waals surface area contributed by atoms with Gasteiger partial charge in [-0.2, -0.15) is 0 Å². The van der Waals surface area contributed by atoms with E-state index >= 15 is 0 Å². The smallest absolute Gasteiger partial charge is 0.273 e. The van der Waals surface area contributed by atoms with Crippen LogP contribution in [-0.2, 0) is 0 Å². The maximum absolute atomic E-state index is 12.1. The molecule has 124 valence electrons. The van der Waals surface area contributed by atoms with E-state index in [1.807, 2.05) is 13.8 Å². The number of hydrogen-bond donors (Lipinski definition) is 3. The van der Waals surface area contributed by atoms with Gasteiger partial charge in [0.15, 0.2) is 11.4 Å². The molecule has 0 aliphatic carbocycles. The number of nitrogens with zero attached hydrogens (tertiary/aromatic N) is 1. The topological polar surface area (TPSA) is 97.5 Å².